The summed E-state index contributed by atoms with van der Waals surface area (Å²) in [6, 6.07) is 9.41. The summed E-state index contributed by atoms with van der Waals surface area (Å²) in [5.41, 5.74) is 7.14. The molecular weight excluding hydrogens is 361 g/mol. The Morgan fingerprint density at radius 1 is 1.19 bits per heavy atom. The van der Waals surface area contributed by atoms with Crippen LogP contribution in [0.25, 0.3) is 17.1 Å². The first kappa shape index (κ1) is 14.0. The molecule has 0 spiro atoms. The molecule has 0 bridgehead atoms. The van der Waals surface area contributed by atoms with Gasteiger partial charge in [-0.15, -0.1) is 5.10 Å². The summed E-state index contributed by atoms with van der Waals surface area (Å²) in [6.07, 6.45) is 0. The van der Waals surface area contributed by atoms with Crippen LogP contribution in [0.2, 0.25) is 5.02 Å². The molecule has 3 rings (SSSR count). The van der Waals surface area contributed by atoms with Crippen molar-refractivity contribution in [2.75, 3.05) is 5.73 Å². The number of anilines is 1. The lowest BCUT2D eigenvalue weighted by Crippen LogP contribution is -2.00. The Hall–Kier alpha value is -1.99. The zero-order valence-electron chi connectivity index (χ0n) is 10.5. The van der Waals surface area contributed by atoms with Gasteiger partial charge in [0.2, 0.25) is 0 Å². The fraction of sp³-hybridized carbons (Fsp3) is 0. The van der Waals surface area contributed by atoms with E-state index in [9.17, 15) is 4.39 Å². The number of halogens is 3. The van der Waals surface area contributed by atoms with Crippen LogP contribution in [0.15, 0.2) is 40.9 Å². The predicted molar refractivity (Wildman–Crippen MR) is 81.7 cm³/mol. The highest BCUT2D eigenvalue weighted by atomic mass is 79.9. The zero-order chi connectivity index (χ0) is 15.0. The maximum absolute atomic E-state index is 13.5. The third kappa shape index (κ3) is 2.74. The van der Waals surface area contributed by atoms with Crippen molar-refractivity contribution in [1.82, 2.24) is 20.2 Å². The highest BCUT2D eigenvalue weighted by molar-refractivity contribution is 9.10. The topological polar surface area (TPSA) is 69.6 Å². The third-order valence-corrected chi connectivity index (χ3v) is 4.01. The molecule has 2 aromatic carbocycles. The summed E-state index contributed by atoms with van der Waals surface area (Å²) in [7, 11) is 0. The first-order valence-electron chi connectivity index (χ1n) is 5.85. The second kappa shape index (κ2) is 5.42. The van der Waals surface area contributed by atoms with Crippen LogP contribution in [0.3, 0.4) is 0 Å². The second-order valence-electron chi connectivity index (χ2n) is 4.29. The highest BCUT2D eigenvalue weighted by Crippen LogP contribution is 2.27. The van der Waals surface area contributed by atoms with Gasteiger partial charge in [0.25, 0.3) is 0 Å². The minimum absolute atomic E-state index is 0.303. The number of nitrogens with zero attached hydrogens (tertiary/aromatic N) is 4. The van der Waals surface area contributed by atoms with E-state index in [4.69, 9.17) is 17.3 Å². The van der Waals surface area contributed by atoms with E-state index in [-0.39, 0.29) is 0 Å². The highest BCUT2D eigenvalue weighted by Gasteiger charge is 2.13. The van der Waals surface area contributed by atoms with Crippen molar-refractivity contribution < 1.29 is 4.39 Å². The Morgan fingerprint density at radius 2 is 2.00 bits per heavy atom. The monoisotopic (exact) mass is 367 g/mol. The molecule has 3 aromatic rings. The van der Waals surface area contributed by atoms with Crippen molar-refractivity contribution in [3.05, 3.63) is 51.7 Å². The number of tetrazole rings is 1. The Balaban J connectivity index is 2.14. The van der Waals surface area contributed by atoms with Gasteiger partial charge in [-0.3, -0.25) is 0 Å². The lowest BCUT2D eigenvalue weighted by atomic mass is 10.2. The van der Waals surface area contributed by atoms with E-state index in [0.717, 1.165) is 0 Å². The summed E-state index contributed by atoms with van der Waals surface area (Å²) in [6.45, 7) is 0. The Morgan fingerprint density at radius 3 is 2.71 bits per heavy atom. The number of nitrogens with two attached hydrogens (primary N) is 1. The molecule has 0 aliphatic heterocycles. The van der Waals surface area contributed by atoms with Gasteiger partial charge in [0.05, 0.1) is 10.7 Å². The molecule has 0 radical (unpaired) electrons. The molecule has 1 aromatic heterocycles. The van der Waals surface area contributed by atoms with Crippen molar-refractivity contribution >= 4 is 33.2 Å². The molecular formula is C13H8BrClFN5. The number of hydrogen-bond donors (Lipinski definition) is 1. The maximum atomic E-state index is 13.5. The van der Waals surface area contributed by atoms with Crippen molar-refractivity contribution in [3.8, 4) is 17.1 Å². The van der Waals surface area contributed by atoms with E-state index in [1.54, 1.807) is 24.3 Å². The molecule has 0 aliphatic carbocycles. The van der Waals surface area contributed by atoms with E-state index in [2.05, 4.69) is 31.5 Å². The van der Waals surface area contributed by atoms with Crippen LogP contribution in [-0.4, -0.2) is 20.2 Å². The van der Waals surface area contributed by atoms with Gasteiger partial charge in [-0.05, 0) is 62.8 Å². The molecule has 0 saturated carbocycles. The number of rotatable bonds is 2. The fourth-order valence-electron chi connectivity index (χ4n) is 1.90. The molecule has 5 nitrogen and oxygen atoms in total. The molecule has 0 aliphatic rings. The molecule has 0 atom stereocenters. The average molecular weight is 369 g/mol. The Kier molecular flexibility index (Phi) is 3.60. The third-order valence-electron chi connectivity index (χ3n) is 2.80. The van der Waals surface area contributed by atoms with Crippen LogP contribution in [0.1, 0.15) is 0 Å². The fourth-order valence-corrected chi connectivity index (χ4v) is 2.38. The van der Waals surface area contributed by atoms with E-state index < -0.39 is 5.82 Å². The van der Waals surface area contributed by atoms with Crippen molar-refractivity contribution in [2.24, 2.45) is 0 Å². The second-order valence-corrected chi connectivity index (χ2v) is 5.55. The number of hydrogen-bond acceptors (Lipinski definition) is 4. The Labute approximate surface area is 132 Å². The molecule has 0 unspecified atom stereocenters. The van der Waals surface area contributed by atoms with E-state index >= 15 is 0 Å². The zero-order valence-corrected chi connectivity index (χ0v) is 12.8. The van der Waals surface area contributed by atoms with Crippen LogP contribution in [0.4, 0.5) is 10.1 Å². The molecule has 0 fully saturated rings. The quantitative estimate of drug-likeness (QED) is 0.703. The average Bonchev–Trinajstić information content (AvgIpc) is 2.90. The van der Waals surface area contributed by atoms with E-state index in [0.29, 0.717) is 32.3 Å². The predicted octanol–water partition coefficient (Wildman–Crippen LogP) is 3.47. The standard InChI is InChI=1S/C13H8BrClFN5/c14-11-6-10(1-2-12(11)15)21-13(18-19-20-21)7-3-8(16)5-9(17)4-7/h1-6H,17H2. The molecule has 8 heteroatoms. The van der Waals surface area contributed by atoms with Gasteiger partial charge in [-0.2, -0.15) is 4.68 Å². The summed E-state index contributed by atoms with van der Waals surface area (Å²) in [4.78, 5) is 0. The molecule has 106 valence electrons. The number of benzene rings is 2. The smallest absolute Gasteiger partial charge is 0.187 e. The van der Waals surface area contributed by atoms with Crippen LogP contribution >= 0.6 is 27.5 Å². The van der Waals surface area contributed by atoms with Gasteiger partial charge in [0.1, 0.15) is 5.82 Å². The number of nitrogen functional groups attached to an aromatic ring is 1. The molecule has 21 heavy (non-hydrogen) atoms. The van der Waals surface area contributed by atoms with Crippen LogP contribution in [0, 0.1) is 5.82 Å². The van der Waals surface area contributed by atoms with Gasteiger partial charge >= 0.3 is 0 Å². The van der Waals surface area contributed by atoms with Gasteiger partial charge in [-0.1, -0.05) is 11.6 Å². The minimum atomic E-state index is -0.447. The van der Waals surface area contributed by atoms with Gasteiger partial charge in [0.15, 0.2) is 5.82 Å². The van der Waals surface area contributed by atoms with Crippen molar-refractivity contribution in [1.29, 1.82) is 0 Å². The van der Waals surface area contributed by atoms with E-state index in [1.165, 1.54) is 16.8 Å². The van der Waals surface area contributed by atoms with Crippen LogP contribution in [0.5, 0.6) is 0 Å². The van der Waals surface area contributed by atoms with Crippen molar-refractivity contribution in [3.63, 3.8) is 0 Å². The summed E-state index contributed by atoms with van der Waals surface area (Å²) in [5.74, 6) is -0.0627. The van der Waals surface area contributed by atoms with Gasteiger partial charge in [0, 0.05) is 15.7 Å². The summed E-state index contributed by atoms with van der Waals surface area (Å²) in [5, 5.41) is 12.1. The molecule has 1 heterocycles. The normalized spacial score (nSPS) is 10.8. The molecule has 2 N–H and O–H groups in total. The Bertz CT molecular complexity index is 800. The lowest BCUT2D eigenvalue weighted by Gasteiger charge is -2.07. The van der Waals surface area contributed by atoms with Gasteiger partial charge in [-0.25, -0.2) is 4.39 Å². The lowest BCUT2D eigenvalue weighted by molar-refractivity contribution is 0.628. The van der Waals surface area contributed by atoms with Crippen LogP contribution in [-0.2, 0) is 0 Å². The largest absolute Gasteiger partial charge is 0.399 e. The molecule has 0 saturated heterocycles. The first-order chi connectivity index (χ1) is 10.0. The SMILES string of the molecule is Nc1cc(F)cc(-c2nnnn2-c2ccc(Cl)c(Br)c2)c1. The first-order valence-corrected chi connectivity index (χ1v) is 7.02. The molecule has 0 amide bonds. The van der Waals surface area contributed by atoms with E-state index in [1.807, 2.05) is 0 Å². The summed E-state index contributed by atoms with van der Waals surface area (Å²) < 4.78 is 15.7. The van der Waals surface area contributed by atoms with Gasteiger partial charge < -0.3 is 5.73 Å². The van der Waals surface area contributed by atoms with Crippen LogP contribution < -0.4 is 5.73 Å². The number of aromatic nitrogens is 4. The minimum Gasteiger partial charge on any atom is -0.399 e. The van der Waals surface area contributed by atoms with Crippen molar-refractivity contribution in [2.45, 2.75) is 0 Å². The maximum Gasteiger partial charge on any atom is 0.187 e. The summed E-state index contributed by atoms with van der Waals surface area (Å²) >= 11 is 9.31.